The third kappa shape index (κ3) is 4.97. The molecule has 0 bridgehead atoms. The molecule has 7 heteroatoms. The molecule has 0 radical (unpaired) electrons. The second-order valence-corrected chi connectivity index (χ2v) is 3.01. The van der Waals surface area contributed by atoms with Crippen LogP contribution in [-0.2, 0) is 14.4 Å². The van der Waals surface area contributed by atoms with E-state index in [4.69, 9.17) is 22.4 Å². The molecule has 16 heavy (non-hydrogen) atoms. The SMILES string of the molecule is C#CC[C@@H](NC(=O)[C@@H](N)CC(=O)O)C(=O)O. The van der Waals surface area contributed by atoms with E-state index in [9.17, 15) is 14.4 Å². The molecular formula is C9H12N2O5. The molecule has 2 atom stereocenters. The van der Waals surface area contributed by atoms with Crippen molar-refractivity contribution >= 4 is 17.8 Å². The van der Waals surface area contributed by atoms with E-state index in [-0.39, 0.29) is 6.42 Å². The minimum absolute atomic E-state index is 0.194. The summed E-state index contributed by atoms with van der Waals surface area (Å²) in [4.78, 5) is 32.1. The van der Waals surface area contributed by atoms with E-state index in [0.29, 0.717) is 0 Å². The van der Waals surface area contributed by atoms with E-state index in [1.165, 1.54) is 0 Å². The van der Waals surface area contributed by atoms with Gasteiger partial charge in [0.2, 0.25) is 5.91 Å². The molecule has 1 amide bonds. The first-order valence-corrected chi connectivity index (χ1v) is 4.32. The van der Waals surface area contributed by atoms with Gasteiger partial charge in [0.05, 0.1) is 12.5 Å². The van der Waals surface area contributed by atoms with Crippen molar-refractivity contribution in [2.24, 2.45) is 5.73 Å². The van der Waals surface area contributed by atoms with Gasteiger partial charge >= 0.3 is 11.9 Å². The molecule has 0 fully saturated rings. The van der Waals surface area contributed by atoms with Gasteiger partial charge in [0.1, 0.15) is 6.04 Å². The van der Waals surface area contributed by atoms with Gasteiger partial charge < -0.3 is 21.3 Å². The fraction of sp³-hybridized carbons (Fsp3) is 0.444. The average molecular weight is 228 g/mol. The van der Waals surface area contributed by atoms with Gasteiger partial charge in [0, 0.05) is 6.42 Å². The molecule has 0 saturated carbocycles. The summed E-state index contributed by atoms with van der Waals surface area (Å²) in [5.74, 6) is -1.32. The Kier molecular flexibility index (Phi) is 5.59. The molecule has 5 N–H and O–H groups in total. The second-order valence-electron chi connectivity index (χ2n) is 3.01. The molecule has 0 aliphatic carbocycles. The summed E-state index contributed by atoms with van der Waals surface area (Å²) in [5, 5.41) is 19.1. The van der Waals surface area contributed by atoms with Crippen LogP contribution < -0.4 is 11.1 Å². The lowest BCUT2D eigenvalue weighted by atomic mass is 10.1. The number of hydrogen-bond acceptors (Lipinski definition) is 4. The predicted octanol–water partition coefficient (Wildman–Crippen LogP) is -1.62. The van der Waals surface area contributed by atoms with Gasteiger partial charge in [0.15, 0.2) is 0 Å². The van der Waals surface area contributed by atoms with Crippen LogP contribution in [0.2, 0.25) is 0 Å². The highest BCUT2D eigenvalue weighted by Crippen LogP contribution is 1.94. The van der Waals surface area contributed by atoms with Crippen LogP contribution in [0.5, 0.6) is 0 Å². The van der Waals surface area contributed by atoms with Crippen LogP contribution in [0.3, 0.4) is 0 Å². The Labute approximate surface area is 91.6 Å². The fourth-order valence-corrected chi connectivity index (χ4v) is 0.878. The van der Waals surface area contributed by atoms with Gasteiger partial charge in [-0.3, -0.25) is 9.59 Å². The van der Waals surface area contributed by atoms with Gasteiger partial charge in [-0.2, -0.15) is 0 Å². The lowest BCUT2D eigenvalue weighted by molar-refractivity contribution is -0.142. The zero-order valence-electron chi connectivity index (χ0n) is 8.34. The number of carboxylic acids is 2. The first-order chi connectivity index (χ1) is 7.38. The number of amides is 1. The van der Waals surface area contributed by atoms with Crippen molar-refractivity contribution in [1.29, 1.82) is 0 Å². The topological polar surface area (TPSA) is 130 Å². The summed E-state index contributed by atoms with van der Waals surface area (Å²) in [6.07, 6.45) is 4.14. The zero-order chi connectivity index (χ0) is 12.7. The minimum atomic E-state index is -1.30. The van der Waals surface area contributed by atoms with E-state index >= 15 is 0 Å². The highest BCUT2D eigenvalue weighted by atomic mass is 16.4. The quantitative estimate of drug-likeness (QED) is 0.404. The first-order valence-electron chi connectivity index (χ1n) is 4.32. The van der Waals surface area contributed by atoms with Crippen LogP contribution in [0.15, 0.2) is 0 Å². The molecule has 0 aromatic carbocycles. The summed E-state index contributed by atoms with van der Waals surface area (Å²) in [6.45, 7) is 0. The van der Waals surface area contributed by atoms with Crippen LogP contribution in [0.1, 0.15) is 12.8 Å². The fourth-order valence-electron chi connectivity index (χ4n) is 0.878. The molecule has 0 aromatic heterocycles. The van der Waals surface area contributed by atoms with Crippen molar-refractivity contribution in [1.82, 2.24) is 5.32 Å². The summed E-state index contributed by atoms with van der Waals surface area (Å²) in [6, 6.07) is -2.55. The average Bonchev–Trinajstić information content (AvgIpc) is 2.15. The van der Waals surface area contributed by atoms with Gasteiger partial charge in [-0.25, -0.2) is 4.79 Å². The number of carbonyl (C=O) groups excluding carboxylic acids is 1. The number of nitrogens with one attached hydrogen (secondary N) is 1. The Morgan fingerprint density at radius 1 is 1.38 bits per heavy atom. The Hall–Kier alpha value is -2.07. The van der Waals surface area contributed by atoms with Crippen LogP contribution in [0.4, 0.5) is 0 Å². The van der Waals surface area contributed by atoms with Crippen LogP contribution in [-0.4, -0.2) is 40.1 Å². The number of terminal acetylenes is 1. The van der Waals surface area contributed by atoms with Crippen molar-refractivity contribution in [2.45, 2.75) is 24.9 Å². The highest BCUT2D eigenvalue weighted by Gasteiger charge is 2.23. The monoisotopic (exact) mass is 228 g/mol. The van der Waals surface area contributed by atoms with Crippen molar-refractivity contribution < 1.29 is 24.6 Å². The van der Waals surface area contributed by atoms with Gasteiger partial charge in [-0.15, -0.1) is 12.3 Å². The molecule has 0 spiro atoms. The van der Waals surface area contributed by atoms with E-state index in [2.05, 4.69) is 11.2 Å². The molecule has 0 saturated heterocycles. The smallest absolute Gasteiger partial charge is 0.327 e. The Morgan fingerprint density at radius 3 is 2.31 bits per heavy atom. The van der Waals surface area contributed by atoms with Crippen molar-refractivity contribution in [3.8, 4) is 12.3 Å². The molecule has 0 aliphatic rings. The molecule has 7 nitrogen and oxygen atoms in total. The lowest BCUT2D eigenvalue weighted by Crippen LogP contribution is -2.48. The van der Waals surface area contributed by atoms with Crippen molar-refractivity contribution in [2.75, 3.05) is 0 Å². The Balaban J connectivity index is 4.35. The minimum Gasteiger partial charge on any atom is -0.481 e. The molecule has 0 rings (SSSR count). The van der Waals surface area contributed by atoms with Crippen molar-refractivity contribution in [3.63, 3.8) is 0 Å². The van der Waals surface area contributed by atoms with Crippen molar-refractivity contribution in [3.05, 3.63) is 0 Å². The third-order valence-corrected chi connectivity index (χ3v) is 1.67. The molecule has 0 heterocycles. The zero-order valence-corrected chi connectivity index (χ0v) is 8.34. The molecule has 0 aliphatic heterocycles. The first kappa shape index (κ1) is 13.9. The molecule has 0 aromatic rings. The van der Waals surface area contributed by atoms with Gasteiger partial charge in [0.25, 0.3) is 0 Å². The summed E-state index contributed by atoms with van der Waals surface area (Å²) < 4.78 is 0. The number of hydrogen-bond donors (Lipinski definition) is 4. The van der Waals surface area contributed by atoms with Crippen LogP contribution in [0.25, 0.3) is 0 Å². The number of aliphatic carboxylic acids is 2. The highest BCUT2D eigenvalue weighted by molar-refractivity contribution is 5.89. The van der Waals surface area contributed by atoms with Crippen LogP contribution >= 0.6 is 0 Å². The molecular weight excluding hydrogens is 216 g/mol. The number of carbonyl (C=O) groups is 3. The third-order valence-electron chi connectivity index (χ3n) is 1.67. The van der Waals surface area contributed by atoms with Gasteiger partial charge in [-0.05, 0) is 0 Å². The second kappa shape index (κ2) is 6.42. The Morgan fingerprint density at radius 2 is 1.94 bits per heavy atom. The number of rotatable bonds is 6. The summed E-state index contributed by atoms with van der Waals surface area (Å²) in [7, 11) is 0. The summed E-state index contributed by atoms with van der Waals surface area (Å²) >= 11 is 0. The summed E-state index contributed by atoms with van der Waals surface area (Å²) in [5.41, 5.74) is 5.23. The lowest BCUT2D eigenvalue weighted by Gasteiger charge is -2.14. The Bertz CT molecular complexity index is 333. The molecule has 88 valence electrons. The predicted molar refractivity (Wildman–Crippen MR) is 53.2 cm³/mol. The maximum Gasteiger partial charge on any atom is 0.327 e. The van der Waals surface area contributed by atoms with E-state index in [1.807, 2.05) is 0 Å². The normalized spacial score (nSPS) is 13.2. The van der Waals surface area contributed by atoms with E-state index in [0.717, 1.165) is 0 Å². The van der Waals surface area contributed by atoms with E-state index < -0.39 is 36.4 Å². The maximum atomic E-state index is 11.2. The largest absolute Gasteiger partial charge is 0.481 e. The number of carboxylic acid groups (broad SMARTS) is 2. The van der Waals surface area contributed by atoms with Crippen LogP contribution in [0, 0.1) is 12.3 Å². The number of nitrogens with two attached hydrogens (primary N) is 1. The van der Waals surface area contributed by atoms with E-state index in [1.54, 1.807) is 0 Å². The van der Waals surface area contributed by atoms with Gasteiger partial charge in [-0.1, -0.05) is 0 Å². The molecule has 0 unspecified atom stereocenters. The standard InChI is InChI=1S/C9H12N2O5/c1-2-3-6(9(15)16)11-8(14)5(10)4-7(12)13/h1,5-6H,3-4,10H2,(H,11,14)(H,12,13)(H,15,16)/t5-,6+/m0/s1. The maximum absolute atomic E-state index is 11.2.